The minimum absolute atomic E-state index is 0.358. The molecule has 112 valence electrons. The summed E-state index contributed by atoms with van der Waals surface area (Å²) in [5, 5.41) is 1.63. The van der Waals surface area contributed by atoms with Crippen molar-refractivity contribution in [3.63, 3.8) is 0 Å². The molecular weight excluding hydrogens is 286 g/mol. The van der Waals surface area contributed by atoms with Crippen LogP contribution in [0.4, 0.5) is 0 Å². The maximum Gasteiger partial charge on any atom is 0.494 e. The summed E-state index contributed by atoms with van der Waals surface area (Å²) < 4.78 is 17.7. The maximum atomic E-state index is 6.35. The van der Waals surface area contributed by atoms with Crippen LogP contribution in [0.3, 0.4) is 0 Å². The highest BCUT2D eigenvalue weighted by Crippen LogP contribution is 2.37. The van der Waals surface area contributed by atoms with Gasteiger partial charge in [0.05, 0.1) is 22.5 Å². The number of fused-ring (bicyclic) bond motifs is 1. The lowest BCUT2D eigenvalue weighted by Gasteiger charge is -2.32. The van der Waals surface area contributed by atoms with Gasteiger partial charge in [0.15, 0.2) is 5.58 Å². The van der Waals surface area contributed by atoms with Crippen LogP contribution in [0.5, 0.6) is 0 Å². The second-order valence-electron chi connectivity index (χ2n) is 6.58. The maximum absolute atomic E-state index is 6.35. The Hall–Kier alpha value is -0.965. The molecule has 0 amide bonds. The molecule has 3 nitrogen and oxygen atoms in total. The number of rotatable bonds is 2. The normalized spacial score (nSPS) is 20.4. The first kappa shape index (κ1) is 15.0. The molecule has 1 saturated heterocycles. The fraction of sp³-hybridized carbons (Fsp3) is 0.500. The molecule has 0 unspecified atom stereocenters. The summed E-state index contributed by atoms with van der Waals surface area (Å²) in [6.07, 6.45) is 2.67. The molecule has 1 fully saturated rings. The van der Waals surface area contributed by atoms with Crippen LogP contribution >= 0.6 is 11.6 Å². The van der Waals surface area contributed by atoms with E-state index in [4.69, 9.17) is 25.3 Å². The third-order valence-corrected chi connectivity index (χ3v) is 4.92. The van der Waals surface area contributed by atoms with Gasteiger partial charge in [0.1, 0.15) is 0 Å². The molecule has 21 heavy (non-hydrogen) atoms. The summed E-state index contributed by atoms with van der Waals surface area (Å²) in [6, 6.07) is 3.93. The van der Waals surface area contributed by atoms with Gasteiger partial charge in [-0.3, -0.25) is 0 Å². The molecule has 3 rings (SSSR count). The van der Waals surface area contributed by atoms with E-state index in [9.17, 15) is 0 Å². The van der Waals surface area contributed by atoms with E-state index >= 15 is 0 Å². The minimum atomic E-state index is -0.406. The average Bonchev–Trinajstić information content (AvgIpc) is 2.88. The molecule has 1 aliphatic heterocycles. The lowest BCUT2D eigenvalue weighted by molar-refractivity contribution is 0.00578. The van der Waals surface area contributed by atoms with Gasteiger partial charge in [0, 0.05) is 5.39 Å². The van der Waals surface area contributed by atoms with Crippen LogP contribution < -0.4 is 5.46 Å². The van der Waals surface area contributed by atoms with Crippen molar-refractivity contribution in [2.75, 3.05) is 0 Å². The van der Waals surface area contributed by atoms with Gasteiger partial charge in [-0.2, -0.15) is 0 Å². The predicted molar refractivity (Wildman–Crippen MR) is 86.3 cm³/mol. The van der Waals surface area contributed by atoms with Crippen molar-refractivity contribution in [2.45, 2.75) is 52.2 Å². The Morgan fingerprint density at radius 1 is 1.10 bits per heavy atom. The first-order valence-corrected chi connectivity index (χ1v) is 7.68. The predicted octanol–water partition coefficient (Wildman–Crippen LogP) is 3.95. The second-order valence-corrected chi connectivity index (χ2v) is 6.99. The van der Waals surface area contributed by atoms with Gasteiger partial charge >= 0.3 is 7.12 Å². The van der Waals surface area contributed by atoms with Crippen molar-refractivity contribution < 1.29 is 13.7 Å². The van der Waals surface area contributed by atoms with E-state index in [0.29, 0.717) is 5.02 Å². The molecule has 0 aliphatic carbocycles. The highest BCUT2D eigenvalue weighted by Gasteiger charge is 2.51. The highest BCUT2D eigenvalue weighted by molar-refractivity contribution is 6.63. The fourth-order valence-electron chi connectivity index (χ4n) is 2.56. The van der Waals surface area contributed by atoms with E-state index in [1.807, 2.05) is 33.8 Å². The van der Waals surface area contributed by atoms with Crippen molar-refractivity contribution in [3.8, 4) is 0 Å². The molecule has 0 bridgehead atoms. The van der Waals surface area contributed by atoms with Crippen LogP contribution in [0.1, 0.15) is 40.2 Å². The van der Waals surface area contributed by atoms with Gasteiger partial charge in [-0.05, 0) is 51.2 Å². The molecule has 2 heterocycles. The largest absolute Gasteiger partial charge is 0.494 e. The number of hydrogen-bond acceptors (Lipinski definition) is 3. The third kappa shape index (κ3) is 2.30. The standard InChI is InChI=1S/C16H20BClO3/c1-6-10-9-19-14-12(10)7-11(8-13(14)18)17-20-15(2,3)16(4,5)21-17/h7-9H,6H2,1-5H3. The zero-order valence-corrected chi connectivity index (χ0v) is 13.9. The van der Waals surface area contributed by atoms with Crippen LogP contribution in [-0.4, -0.2) is 18.3 Å². The quantitative estimate of drug-likeness (QED) is 0.787. The molecular formula is C16H20BClO3. The molecule has 0 N–H and O–H groups in total. The van der Waals surface area contributed by atoms with Crippen LogP contribution in [0.25, 0.3) is 11.0 Å². The minimum Gasteiger partial charge on any atom is -0.462 e. The Labute approximate surface area is 130 Å². The molecule has 0 radical (unpaired) electrons. The van der Waals surface area contributed by atoms with Gasteiger partial charge in [-0.1, -0.05) is 24.6 Å². The van der Waals surface area contributed by atoms with E-state index in [-0.39, 0.29) is 11.2 Å². The van der Waals surface area contributed by atoms with E-state index in [0.717, 1.165) is 28.4 Å². The number of hydrogen-bond donors (Lipinski definition) is 0. The van der Waals surface area contributed by atoms with Crippen molar-refractivity contribution >= 4 is 35.2 Å². The van der Waals surface area contributed by atoms with Crippen molar-refractivity contribution in [1.29, 1.82) is 0 Å². The Bertz CT molecular complexity index is 674. The van der Waals surface area contributed by atoms with E-state index in [1.165, 1.54) is 0 Å². The summed E-state index contributed by atoms with van der Waals surface area (Å²) in [6.45, 7) is 10.3. The molecule has 0 spiro atoms. The van der Waals surface area contributed by atoms with Gasteiger partial charge in [0.2, 0.25) is 0 Å². The zero-order chi connectivity index (χ0) is 15.4. The molecule has 0 atom stereocenters. The van der Waals surface area contributed by atoms with E-state index in [2.05, 4.69) is 13.0 Å². The lowest BCUT2D eigenvalue weighted by Crippen LogP contribution is -2.41. The van der Waals surface area contributed by atoms with Gasteiger partial charge in [-0.25, -0.2) is 0 Å². The van der Waals surface area contributed by atoms with Gasteiger partial charge in [0.25, 0.3) is 0 Å². The van der Waals surface area contributed by atoms with Crippen molar-refractivity contribution in [3.05, 3.63) is 29.0 Å². The van der Waals surface area contributed by atoms with E-state index in [1.54, 1.807) is 6.26 Å². The third-order valence-electron chi connectivity index (χ3n) is 4.64. The molecule has 5 heteroatoms. The lowest BCUT2D eigenvalue weighted by atomic mass is 9.78. The molecule has 2 aromatic rings. The Kier molecular flexibility index (Phi) is 3.39. The van der Waals surface area contributed by atoms with Gasteiger partial charge < -0.3 is 13.7 Å². The molecule has 1 aliphatic rings. The summed E-state index contributed by atoms with van der Waals surface area (Å²) in [5.74, 6) is 0. The summed E-state index contributed by atoms with van der Waals surface area (Å²) >= 11 is 6.35. The summed E-state index contributed by atoms with van der Waals surface area (Å²) in [4.78, 5) is 0. The Morgan fingerprint density at radius 2 is 1.71 bits per heavy atom. The molecule has 1 aromatic heterocycles. The summed E-state index contributed by atoms with van der Waals surface area (Å²) in [7, 11) is -0.406. The first-order chi connectivity index (χ1) is 9.75. The molecule has 0 saturated carbocycles. The Morgan fingerprint density at radius 3 is 2.29 bits per heavy atom. The number of halogens is 1. The highest BCUT2D eigenvalue weighted by atomic mass is 35.5. The van der Waals surface area contributed by atoms with Crippen LogP contribution in [0.15, 0.2) is 22.8 Å². The molecule has 1 aromatic carbocycles. The van der Waals surface area contributed by atoms with Gasteiger partial charge in [-0.15, -0.1) is 0 Å². The smallest absolute Gasteiger partial charge is 0.462 e. The second kappa shape index (κ2) is 4.77. The van der Waals surface area contributed by atoms with Crippen LogP contribution in [0.2, 0.25) is 5.02 Å². The number of aryl methyl sites for hydroxylation is 1. The van der Waals surface area contributed by atoms with Crippen LogP contribution in [0, 0.1) is 0 Å². The average molecular weight is 307 g/mol. The van der Waals surface area contributed by atoms with Crippen LogP contribution in [-0.2, 0) is 15.7 Å². The first-order valence-electron chi connectivity index (χ1n) is 7.30. The van der Waals surface area contributed by atoms with Crippen molar-refractivity contribution in [1.82, 2.24) is 0 Å². The topological polar surface area (TPSA) is 31.6 Å². The van der Waals surface area contributed by atoms with Crippen molar-refractivity contribution in [2.24, 2.45) is 0 Å². The fourth-order valence-corrected chi connectivity index (χ4v) is 2.83. The zero-order valence-electron chi connectivity index (χ0n) is 13.1. The SMILES string of the molecule is CCc1coc2c(Cl)cc(B3OC(C)(C)C(C)(C)O3)cc12. The number of benzene rings is 1. The summed E-state index contributed by atoms with van der Waals surface area (Å²) in [5.41, 5.74) is 2.09. The van der Waals surface area contributed by atoms with E-state index < -0.39 is 7.12 Å². The Balaban J connectivity index is 2.06. The number of furan rings is 1. The monoisotopic (exact) mass is 306 g/mol.